The quantitative estimate of drug-likeness (QED) is 0.911. The molecule has 0 saturated carbocycles. The highest BCUT2D eigenvalue weighted by molar-refractivity contribution is 5.68. The highest BCUT2D eigenvalue weighted by Crippen LogP contribution is 2.30. The average Bonchev–Trinajstić information content (AvgIpc) is 2.43. The highest BCUT2D eigenvalue weighted by atomic mass is 15.2. The van der Waals surface area contributed by atoms with E-state index in [0.717, 1.165) is 23.7 Å². The van der Waals surface area contributed by atoms with Crippen molar-refractivity contribution >= 4 is 17.3 Å². The van der Waals surface area contributed by atoms with E-state index in [0.29, 0.717) is 0 Å². The van der Waals surface area contributed by atoms with Crippen LogP contribution in [0.5, 0.6) is 0 Å². The van der Waals surface area contributed by atoms with Gasteiger partial charge in [0.1, 0.15) is 18.0 Å². The lowest BCUT2D eigenvalue weighted by molar-refractivity contribution is 0.957. The molecule has 1 heterocycles. The Kier molecular flexibility index (Phi) is 4.00. The van der Waals surface area contributed by atoms with Gasteiger partial charge in [0, 0.05) is 24.8 Å². The van der Waals surface area contributed by atoms with Gasteiger partial charge in [0.25, 0.3) is 0 Å². The van der Waals surface area contributed by atoms with Crippen LogP contribution in [-0.4, -0.2) is 23.6 Å². The number of aromatic nitrogens is 2. The Morgan fingerprint density at radius 2 is 1.89 bits per heavy atom. The first kappa shape index (κ1) is 13.3. The van der Waals surface area contributed by atoms with Crippen LogP contribution in [-0.2, 0) is 0 Å². The maximum Gasteiger partial charge on any atom is 0.141 e. The molecule has 19 heavy (non-hydrogen) atoms. The summed E-state index contributed by atoms with van der Waals surface area (Å²) >= 11 is 0. The minimum Gasteiger partial charge on any atom is -0.373 e. The van der Waals surface area contributed by atoms with E-state index >= 15 is 0 Å². The van der Waals surface area contributed by atoms with Gasteiger partial charge in [0.05, 0.1) is 0 Å². The van der Waals surface area contributed by atoms with Gasteiger partial charge in [-0.3, -0.25) is 0 Å². The van der Waals surface area contributed by atoms with Crippen molar-refractivity contribution in [3.8, 4) is 0 Å². The van der Waals surface area contributed by atoms with E-state index < -0.39 is 0 Å². The predicted octanol–water partition coefficient (Wildman–Crippen LogP) is 3.29. The number of hydrogen-bond donors (Lipinski definition) is 1. The molecule has 0 unspecified atom stereocenters. The molecule has 2 aromatic rings. The Morgan fingerprint density at radius 1 is 1.16 bits per heavy atom. The minimum atomic E-state index is 0.867. The number of anilines is 3. The number of nitrogens with one attached hydrogen (secondary N) is 1. The summed E-state index contributed by atoms with van der Waals surface area (Å²) in [6.07, 6.45) is 1.61. The summed E-state index contributed by atoms with van der Waals surface area (Å²) in [5.74, 6) is 1.83. The van der Waals surface area contributed by atoms with Crippen LogP contribution in [0.4, 0.5) is 17.3 Å². The molecule has 0 aliphatic heterocycles. The van der Waals surface area contributed by atoms with Crippen LogP contribution in [0.3, 0.4) is 0 Å². The van der Waals surface area contributed by atoms with Crippen molar-refractivity contribution in [3.05, 3.63) is 41.7 Å². The van der Waals surface area contributed by atoms with Gasteiger partial charge in [-0.05, 0) is 32.4 Å². The molecule has 0 radical (unpaired) electrons. The van der Waals surface area contributed by atoms with E-state index in [1.165, 1.54) is 11.3 Å². The van der Waals surface area contributed by atoms with Gasteiger partial charge < -0.3 is 10.2 Å². The van der Waals surface area contributed by atoms with Crippen molar-refractivity contribution in [2.75, 3.05) is 23.8 Å². The second-order valence-electron chi connectivity index (χ2n) is 4.45. The van der Waals surface area contributed by atoms with E-state index in [-0.39, 0.29) is 0 Å². The number of benzene rings is 1. The third-order valence-electron chi connectivity index (χ3n) is 3.27. The van der Waals surface area contributed by atoms with Gasteiger partial charge >= 0.3 is 0 Å². The molecule has 0 atom stereocenters. The topological polar surface area (TPSA) is 41.1 Å². The second-order valence-corrected chi connectivity index (χ2v) is 4.45. The fraction of sp³-hybridized carbons (Fsp3) is 0.333. The van der Waals surface area contributed by atoms with Gasteiger partial charge in [-0.2, -0.15) is 0 Å². The van der Waals surface area contributed by atoms with Crippen LogP contribution >= 0.6 is 0 Å². The molecule has 0 aliphatic carbocycles. The van der Waals surface area contributed by atoms with Crippen molar-refractivity contribution in [2.45, 2.75) is 20.8 Å². The summed E-state index contributed by atoms with van der Waals surface area (Å²) in [4.78, 5) is 10.9. The normalized spacial score (nSPS) is 10.3. The lowest BCUT2D eigenvalue weighted by atomic mass is 10.1. The molecule has 4 nitrogen and oxygen atoms in total. The first-order valence-corrected chi connectivity index (χ1v) is 6.51. The van der Waals surface area contributed by atoms with Gasteiger partial charge in [-0.1, -0.05) is 18.2 Å². The Balaban J connectivity index is 2.52. The summed E-state index contributed by atoms with van der Waals surface area (Å²) < 4.78 is 0. The van der Waals surface area contributed by atoms with Crippen molar-refractivity contribution in [1.29, 1.82) is 0 Å². The fourth-order valence-corrected chi connectivity index (χ4v) is 2.27. The van der Waals surface area contributed by atoms with Gasteiger partial charge in [-0.25, -0.2) is 9.97 Å². The number of hydrogen-bond acceptors (Lipinski definition) is 4. The van der Waals surface area contributed by atoms with Crippen molar-refractivity contribution in [2.24, 2.45) is 0 Å². The van der Waals surface area contributed by atoms with Crippen LogP contribution in [0.25, 0.3) is 0 Å². The van der Waals surface area contributed by atoms with Gasteiger partial charge in [0.2, 0.25) is 0 Å². The molecule has 0 saturated heterocycles. The zero-order valence-electron chi connectivity index (χ0n) is 11.9. The van der Waals surface area contributed by atoms with E-state index in [4.69, 9.17) is 0 Å². The Hall–Kier alpha value is -2.10. The summed E-state index contributed by atoms with van der Waals surface area (Å²) in [7, 11) is 1.88. The van der Waals surface area contributed by atoms with Crippen LogP contribution in [0.15, 0.2) is 30.6 Å². The molecule has 0 bridgehead atoms. The molecule has 4 heteroatoms. The monoisotopic (exact) mass is 256 g/mol. The van der Waals surface area contributed by atoms with Crippen molar-refractivity contribution in [3.63, 3.8) is 0 Å². The molecule has 1 N–H and O–H groups in total. The number of aryl methyl sites for hydroxylation is 1. The van der Waals surface area contributed by atoms with E-state index in [1.807, 2.05) is 14.0 Å². The molecule has 1 aromatic carbocycles. The zero-order chi connectivity index (χ0) is 13.8. The summed E-state index contributed by atoms with van der Waals surface area (Å²) in [6, 6.07) is 8.35. The summed E-state index contributed by atoms with van der Waals surface area (Å²) in [6.45, 7) is 7.16. The minimum absolute atomic E-state index is 0.867. The maximum atomic E-state index is 4.45. The smallest absolute Gasteiger partial charge is 0.141 e. The molecular formula is C15H20N4. The first-order chi connectivity index (χ1) is 9.19. The van der Waals surface area contributed by atoms with Crippen LogP contribution in [0.1, 0.15) is 18.1 Å². The molecule has 0 amide bonds. The molecule has 0 fully saturated rings. The zero-order valence-corrected chi connectivity index (χ0v) is 11.9. The molecular weight excluding hydrogens is 236 g/mol. The lowest BCUT2D eigenvalue weighted by Gasteiger charge is -2.25. The first-order valence-electron chi connectivity index (χ1n) is 6.51. The Morgan fingerprint density at radius 3 is 2.53 bits per heavy atom. The third-order valence-corrected chi connectivity index (χ3v) is 3.27. The Bertz CT molecular complexity index is 566. The standard InChI is InChI=1S/C15H20N4/c1-5-19(13-9-7-6-8-11(13)2)15-12(3)14(16-4)17-10-18-15/h6-10H,5H2,1-4H3,(H,16,17,18). The summed E-state index contributed by atoms with van der Waals surface area (Å²) in [5.41, 5.74) is 3.50. The Labute approximate surface area is 114 Å². The lowest BCUT2D eigenvalue weighted by Crippen LogP contribution is -2.20. The van der Waals surface area contributed by atoms with Crippen molar-refractivity contribution < 1.29 is 0 Å². The van der Waals surface area contributed by atoms with Crippen LogP contribution in [0.2, 0.25) is 0 Å². The highest BCUT2D eigenvalue weighted by Gasteiger charge is 2.15. The van der Waals surface area contributed by atoms with E-state index in [2.05, 4.69) is 58.3 Å². The molecule has 0 spiro atoms. The maximum absolute atomic E-state index is 4.45. The fourth-order valence-electron chi connectivity index (χ4n) is 2.27. The number of rotatable bonds is 4. The van der Waals surface area contributed by atoms with Gasteiger partial charge in [0.15, 0.2) is 0 Å². The number of para-hydroxylation sites is 1. The molecule has 1 aromatic heterocycles. The molecule has 2 rings (SSSR count). The average molecular weight is 256 g/mol. The third kappa shape index (κ3) is 2.52. The van der Waals surface area contributed by atoms with E-state index in [9.17, 15) is 0 Å². The summed E-state index contributed by atoms with van der Waals surface area (Å²) in [5, 5.41) is 3.10. The second kappa shape index (κ2) is 5.69. The van der Waals surface area contributed by atoms with Crippen molar-refractivity contribution in [1.82, 2.24) is 9.97 Å². The predicted molar refractivity (Wildman–Crippen MR) is 80.2 cm³/mol. The van der Waals surface area contributed by atoms with E-state index in [1.54, 1.807) is 6.33 Å². The number of nitrogens with zero attached hydrogens (tertiary/aromatic N) is 3. The van der Waals surface area contributed by atoms with Crippen LogP contribution < -0.4 is 10.2 Å². The molecule has 0 aliphatic rings. The van der Waals surface area contributed by atoms with Crippen LogP contribution in [0, 0.1) is 13.8 Å². The molecule has 100 valence electrons. The SMILES string of the molecule is CCN(c1ccccc1C)c1ncnc(NC)c1C. The largest absolute Gasteiger partial charge is 0.373 e. The van der Waals surface area contributed by atoms with Gasteiger partial charge in [-0.15, -0.1) is 0 Å².